The Morgan fingerprint density at radius 1 is 1.12 bits per heavy atom. The van der Waals surface area contributed by atoms with Crippen LogP contribution >= 0.6 is 0 Å². The molecule has 1 unspecified atom stereocenters. The number of carbonyl (C=O) groups is 2. The van der Waals surface area contributed by atoms with Gasteiger partial charge in [-0.2, -0.15) is 0 Å². The topological polar surface area (TPSA) is 58.6 Å². The maximum absolute atomic E-state index is 12.5. The van der Waals surface area contributed by atoms with Gasteiger partial charge in [0.2, 0.25) is 5.91 Å². The van der Waals surface area contributed by atoms with E-state index < -0.39 is 6.09 Å². The quantitative estimate of drug-likeness (QED) is 0.917. The third kappa shape index (κ3) is 2.76. The second-order valence-corrected chi connectivity index (χ2v) is 6.58. The fourth-order valence-corrected chi connectivity index (χ4v) is 3.66. The zero-order chi connectivity index (χ0) is 17.4. The van der Waals surface area contributed by atoms with Crippen LogP contribution in [0.4, 0.5) is 4.79 Å². The number of amides is 2. The first-order chi connectivity index (χ1) is 12.1. The Hall–Kier alpha value is -2.82. The van der Waals surface area contributed by atoms with Gasteiger partial charge >= 0.3 is 6.09 Å². The molecule has 0 radical (unpaired) electrons. The van der Waals surface area contributed by atoms with Gasteiger partial charge < -0.3 is 10.1 Å². The standard InChI is InChI=1S/C20H20N2O3/c1-13-10-21-19(23)11-22(13)20(24)25-12-18-16-8-4-2-6-14(16)15-7-3-5-9-17(15)18/h2-9,13,18H,10-12H2,1H3,(H,21,23). The number of nitrogens with zero attached hydrogens (tertiary/aromatic N) is 1. The molecule has 1 atom stereocenters. The molecule has 2 aromatic carbocycles. The Kier molecular flexibility index (Phi) is 3.92. The van der Waals surface area contributed by atoms with Gasteiger partial charge in [0, 0.05) is 12.5 Å². The maximum atomic E-state index is 12.5. The average molecular weight is 336 g/mol. The van der Waals surface area contributed by atoms with Gasteiger partial charge in [-0.1, -0.05) is 48.5 Å². The number of benzene rings is 2. The summed E-state index contributed by atoms with van der Waals surface area (Å²) in [4.78, 5) is 25.5. The highest BCUT2D eigenvalue weighted by Crippen LogP contribution is 2.44. The van der Waals surface area contributed by atoms with Crippen LogP contribution in [0.3, 0.4) is 0 Å². The molecule has 5 heteroatoms. The van der Waals surface area contributed by atoms with Gasteiger partial charge in [-0.15, -0.1) is 0 Å². The minimum atomic E-state index is -0.427. The first kappa shape index (κ1) is 15.7. The van der Waals surface area contributed by atoms with Crippen molar-refractivity contribution in [2.75, 3.05) is 19.7 Å². The number of hydrogen-bond acceptors (Lipinski definition) is 3. The monoisotopic (exact) mass is 336 g/mol. The number of carbonyl (C=O) groups excluding carboxylic acids is 2. The van der Waals surface area contributed by atoms with Crippen molar-refractivity contribution >= 4 is 12.0 Å². The SMILES string of the molecule is CC1CNC(=O)CN1C(=O)OCC1c2ccccc2-c2ccccc21. The molecule has 0 saturated carbocycles. The maximum Gasteiger partial charge on any atom is 0.410 e. The fourth-order valence-electron chi connectivity index (χ4n) is 3.66. The molecule has 2 amide bonds. The minimum Gasteiger partial charge on any atom is -0.448 e. The minimum absolute atomic E-state index is 0.0327. The lowest BCUT2D eigenvalue weighted by Gasteiger charge is -2.32. The summed E-state index contributed by atoms with van der Waals surface area (Å²) in [5.74, 6) is -0.114. The molecule has 4 rings (SSSR count). The van der Waals surface area contributed by atoms with E-state index >= 15 is 0 Å². The highest BCUT2D eigenvalue weighted by molar-refractivity contribution is 5.84. The molecule has 0 bridgehead atoms. The summed E-state index contributed by atoms with van der Waals surface area (Å²) in [5.41, 5.74) is 4.76. The number of piperazine rings is 1. The second-order valence-electron chi connectivity index (χ2n) is 6.58. The van der Waals surface area contributed by atoms with Crippen LogP contribution in [0.2, 0.25) is 0 Å². The molecule has 1 aliphatic carbocycles. The van der Waals surface area contributed by atoms with Crippen molar-refractivity contribution in [3.63, 3.8) is 0 Å². The van der Waals surface area contributed by atoms with Crippen molar-refractivity contribution in [2.24, 2.45) is 0 Å². The van der Waals surface area contributed by atoms with Crippen LogP contribution in [-0.4, -0.2) is 42.6 Å². The molecule has 25 heavy (non-hydrogen) atoms. The smallest absolute Gasteiger partial charge is 0.410 e. The van der Waals surface area contributed by atoms with E-state index in [1.807, 2.05) is 31.2 Å². The molecule has 0 spiro atoms. The molecule has 1 aliphatic heterocycles. The Morgan fingerprint density at radius 3 is 2.36 bits per heavy atom. The largest absolute Gasteiger partial charge is 0.448 e. The van der Waals surface area contributed by atoms with Crippen LogP contribution in [-0.2, 0) is 9.53 Å². The van der Waals surface area contributed by atoms with E-state index in [2.05, 4.69) is 29.6 Å². The molecule has 0 aromatic heterocycles. The number of ether oxygens (including phenoxy) is 1. The summed E-state index contributed by atoms with van der Waals surface area (Å²) in [6.45, 7) is 2.69. The van der Waals surface area contributed by atoms with Crippen LogP contribution in [0.25, 0.3) is 11.1 Å². The van der Waals surface area contributed by atoms with Crippen LogP contribution in [0.15, 0.2) is 48.5 Å². The zero-order valence-electron chi connectivity index (χ0n) is 14.1. The Bertz CT molecular complexity index is 788. The lowest BCUT2D eigenvalue weighted by Crippen LogP contribution is -2.55. The fraction of sp³-hybridized carbons (Fsp3) is 0.300. The van der Waals surface area contributed by atoms with Crippen molar-refractivity contribution in [1.82, 2.24) is 10.2 Å². The summed E-state index contributed by atoms with van der Waals surface area (Å²) in [6.07, 6.45) is -0.427. The molecule has 1 heterocycles. The van der Waals surface area contributed by atoms with Crippen molar-refractivity contribution < 1.29 is 14.3 Å². The van der Waals surface area contributed by atoms with Crippen molar-refractivity contribution in [2.45, 2.75) is 18.9 Å². The molecule has 1 saturated heterocycles. The third-order valence-corrected chi connectivity index (χ3v) is 5.01. The van der Waals surface area contributed by atoms with Gasteiger partial charge in [-0.25, -0.2) is 4.79 Å². The molecule has 1 fully saturated rings. The zero-order valence-corrected chi connectivity index (χ0v) is 14.1. The van der Waals surface area contributed by atoms with Crippen LogP contribution < -0.4 is 5.32 Å². The lowest BCUT2D eigenvalue weighted by atomic mass is 9.98. The molecule has 1 N–H and O–H groups in total. The first-order valence-corrected chi connectivity index (χ1v) is 8.53. The molecular formula is C20H20N2O3. The van der Waals surface area contributed by atoms with Crippen LogP contribution in [0.1, 0.15) is 24.0 Å². The van der Waals surface area contributed by atoms with E-state index in [9.17, 15) is 9.59 Å². The lowest BCUT2D eigenvalue weighted by molar-refractivity contribution is -0.124. The van der Waals surface area contributed by atoms with Gasteiger partial charge in [0.25, 0.3) is 0 Å². The number of hydrogen-bond donors (Lipinski definition) is 1. The summed E-state index contributed by atoms with van der Waals surface area (Å²) < 4.78 is 5.60. The summed E-state index contributed by atoms with van der Waals surface area (Å²) in [6, 6.07) is 16.4. The highest BCUT2D eigenvalue weighted by Gasteiger charge is 2.32. The van der Waals surface area contributed by atoms with E-state index in [0.717, 1.165) is 0 Å². The summed E-state index contributed by atoms with van der Waals surface area (Å²) in [5, 5.41) is 2.75. The molecule has 5 nitrogen and oxygen atoms in total. The Morgan fingerprint density at radius 2 is 1.72 bits per heavy atom. The number of nitrogens with one attached hydrogen (secondary N) is 1. The molecule has 2 aromatic rings. The normalized spacial score (nSPS) is 19.2. The third-order valence-electron chi connectivity index (χ3n) is 5.01. The predicted octanol–water partition coefficient (Wildman–Crippen LogP) is 2.76. The molecule has 128 valence electrons. The van der Waals surface area contributed by atoms with E-state index in [1.165, 1.54) is 27.2 Å². The van der Waals surface area contributed by atoms with Gasteiger partial charge in [-0.3, -0.25) is 9.69 Å². The molecular weight excluding hydrogens is 316 g/mol. The predicted molar refractivity (Wildman–Crippen MR) is 94.2 cm³/mol. The van der Waals surface area contributed by atoms with E-state index in [0.29, 0.717) is 6.54 Å². The average Bonchev–Trinajstić information content (AvgIpc) is 2.96. The summed E-state index contributed by atoms with van der Waals surface area (Å²) >= 11 is 0. The van der Waals surface area contributed by atoms with E-state index in [1.54, 1.807) is 0 Å². The van der Waals surface area contributed by atoms with Crippen molar-refractivity contribution in [3.05, 3.63) is 59.7 Å². The highest BCUT2D eigenvalue weighted by atomic mass is 16.6. The Labute approximate surface area is 146 Å². The van der Waals surface area contributed by atoms with Crippen molar-refractivity contribution in [3.8, 4) is 11.1 Å². The van der Waals surface area contributed by atoms with Gasteiger partial charge in [-0.05, 0) is 29.2 Å². The number of fused-ring (bicyclic) bond motifs is 3. The first-order valence-electron chi connectivity index (χ1n) is 8.53. The van der Waals surface area contributed by atoms with Crippen molar-refractivity contribution in [1.29, 1.82) is 0 Å². The van der Waals surface area contributed by atoms with Gasteiger partial charge in [0.05, 0.1) is 6.04 Å². The van der Waals surface area contributed by atoms with E-state index in [4.69, 9.17) is 4.74 Å². The van der Waals surface area contributed by atoms with E-state index in [-0.39, 0.29) is 31.0 Å². The van der Waals surface area contributed by atoms with Crippen LogP contribution in [0.5, 0.6) is 0 Å². The van der Waals surface area contributed by atoms with Gasteiger partial charge in [0.1, 0.15) is 13.2 Å². The summed E-state index contributed by atoms with van der Waals surface area (Å²) in [7, 11) is 0. The van der Waals surface area contributed by atoms with Gasteiger partial charge in [0.15, 0.2) is 0 Å². The van der Waals surface area contributed by atoms with Crippen LogP contribution in [0, 0.1) is 0 Å². The number of rotatable bonds is 2. The molecule has 2 aliphatic rings. The second kappa shape index (κ2) is 6.24. The Balaban J connectivity index is 1.53.